The van der Waals surface area contributed by atoms with Gasteiger partial charge in [-0.05, 0) is 24.3 Å². The lowest BCUT2D eigenvalue weighted by atomic mass is 10.0. The summed E-state index contributed by atoms with van der Waals surface area (Å²) in [6.45, 7) is 0. The van der Waals surface area contributed by atoms with Crippen molar-refractivity contribution in [3.05, 3.63) is 42.1 Å². The van der Waals surface area contributed by atoms with Crippen molar-refractivity contribution in [2.45, 2.75) is 12.6 Å². The summed E-state index contributed by atoms with van der Waals surface area (Å²) < 4.78 is 36.2. The number of Topliss-reactive ketones (excluding diaryl/α,β-unsaturated/α-hetero) is 2. The number of hydrogen-bond donors (Lipinski definition) is 0. The second kappa shape index (κ2) is 4.79. The van der Waals surface area contributed by atoms with Gasteiger partial charge in [0.15, 0.2) is 5.78 Å². The molecule has 0 aliphatic rings. The minimum Gasteiger partial charge on any atom is -0.294 e. The Labute approximate surface area is 106 Å². The molecule has 0 aliphatic carbocycles. The van der Waals surface area contributed by atoms with Crippen LogP contribution in [0, 0.1) is 0 Å². The molecular weight excluding hydrogens is 259 g/mol. The summed E-state index contributed by atoms with van der Waals surface area (Å²) in [7, 11) is 0. The van der Waals surface area contributed by atoms with Crippen molar-refractivity contribution >= 4 is 22.5 Å². The number of hydrogen-bond acceptors (Lipinski definition) is 3. The van der Waals surface area contributed by atoms with Gasteiger partial charge >= 0.3 is 6.18 Å². The Bertz CT molecular complexity index is 650. The number of rotatable bonds is 3. The van der Waals surface area contributed by atoms with Crippen LogP contribution in [0.1, 0.15) is 16.8 Å². The molecule has 98 valence electrons. The highest BCUT2D eigenvalue weighted by molar-refractivity contribution is 6.10. The van der Waals surface area contributed by atoms with E-state index in [4.69, 9.17) is 0 Å². The maximum absolute atomic E-state index is 12.1. The molecule has 0 radical (unpaired) electrons. The molecule has 0 saturated carbocycles. The van der Waals surface area contributed by atoms with Crippen LogP contribution in [0.15, 0.2) is 36.5 Å². The summed E-state index contributed by atoms with van der Waals surface area (Å²) in [5.74, 6) is -2.89. The van der Waals surface area contributed by atoms with Gasteiger partial charge in [-0.1, -0.05) is 6.07 Å². The molecule has 0 atom stereocenters. The van der Waals surface area contributed by atoms with Crippen LogP contribution in [-0.2, 0) is 4.79 Å². The highest BCUT2D eigenvalue weighted by Gasteiger charge is 2.39. The molecule has 1 aromatic heterocycles. The number of aromatic nitrogens is 1. The average molecular weight is 267 g/mol. The Balaban J connectivity index is 2.25. The second-order valence-electron chi connectivity index (χ2n) is 3.93. The molecule has 3 nitrogen and oxygen atoms in total. The zero-order valence-electron chi connectivity index (χ0n) is 9.57. The van der Waals surface area contributed by atoms with E-state index in [0.29, 0.717) is 10.9 Å². The minimum atomic E-state index is -4.98. The van der Waals surface area contributed by atoms with E-state index < -0.39 is 24.2 Å². The van der Waals surface area contributed by atoms with Crippen molar-refractivity contribution in [2.24, 2.45) is 0 Å². The van der Waals surface area contributed by atoms with E-state index in [2.05, 4.69) is 4.98 Å². The van der Waals surface area contributed by atoms with Gasteiger partial charge in [-0.2, -0.15) is 13.2 Å². The number of ketones is 2. The lowest BCUT2D eigenvalue weighted by Gasteiger charge is -2.05. The number of carbonyl (C=O) groups is 2. The fraction of sp³-hybridized carbons (Fsp3) is 0.154. The van der Waals surface area contributed by atoms with Crippen LogP contribution in [0.2, 0.25) is 0 Å². The lowest BCUT2D eigenvalue weighted by Crippen LogP contribution is -2.25. The van der Waals surface area contributed by atoms with E-state index in [-0.39, 0.29) is 5.56 Å². The first-order valence-corrected chi connectivity index (χ1v) is 5.36. The molecule has 1 aromatic carbocycles. The summed E-state index contributed by atoms with van der Waals surface area (Å²) >= 11 is 0. The number of pyridine rings is 1. The largest absolute Gasteiger partial charge is 0.450 e. The number of benzene rings is 1. The first-order chi connectivity index (χ1) is 8.88. The molecule has 19 heavy (non-hydrogen) atoms. The van der Waals surface area contributed by atoms with Gasteiger partial charge in [0.2, 0.25) is 5.78 Å². The van der Waals surface area contributed by atoms with E-state index in [1.165, 1.54) is 18.2 Å². The third-order valence-electron chi connectivity index (χ3n) is 2.56. The molecule has 0 fully saturated rings. The van der Waals surface area contributed by atoms with Crippen LogP contribution in [-0.4, -0.2) is 22.7 Å². The van der Waals surface area contributed by atoms with Crippen LogP contribution in [0.5, 0.6) is 0 Å². The Morgan fingerprint density at radius 2 is 1.89 bits per heavy atom. The SMILES string of the molecule is O=C(CC(=O)C(F)(F)F)c1ccc2ncccc2c1. The Morgan fingerprint density at radius 1 is 1.16 bits per heavy atom. The van der Waals surface area contributed by atoms with Gasteiger partial charge in [0, 0.05) is 17.1 Å². The van der Waals surface area contributed by atoms with Gasteiger partial charge in [0.05, 0.1) is 11.9 Å². The predicted molar refractivity (Wildman–Crippen MR) is 61.8 cm³/mol. The smallest absolute Gasteiger partial charge is 0.294 e. The molecular formula is C13H8F3NO2. The normalized spacial score (nSPS) is 11.5. The molecule has 6 heteroatoms. The molecule has 0 saturated heterocycles. The fourth-order valence-corrected chi connectivity index (χ4v) is 1.60. The third-order valence-corrected chi connectivity index (χ3v) is 2.56. The number of fused-ring (bicyclic) bond motifs is 1. The van der Waals surface area contributed by atoms with E-state index in [1.54, 1.807) is 18.3 Å². The summed E-state index contributed by atoms with van der Waals surface area (Å²) in [6, 6.07) is 7.65. The van der Waals surface area contributed by atoms with Crippen molar-refractivity contribution < 1.29 is 22.8 Å². The highest BCUT2D eigenvalue weighted by atomic mass is 19.4. The molecule has 0 aliphatic heterocycles. The average Bonchev–Trinajstić information content (AvgIpc) is 2.37. The highest BCUT2D eigenvalue weighted by Crippen LogP contribution is 2.20. The molecule has 0 amide bonds. The van der Waals surface area contributed by atoms with Gasteiger partial charge in [0.25, 0.3) is 0 Å². The van der Waals surface area contributed by atoms with Crippen molar-refractivity contribution in [1.29, 1.82) is 0 Å². The Morgan fingerprint density at radius 3 is 2.58 bits per heavy atom. The van der Waals surface area contributed by atoms with Gasteiger partial charge in [-0.15, -0.1) is 0 Å². The van der Waals surface area contributed by atoms with Crippen molar-refractivity contribution in [2.75, 3.05) is 0 Å². The van der Waals surface area contributed by atoms with Crippen LogP contribution in [0.25, 0.3) is 10.9 Å². The number of alkyl halides is 3. The first kappa shape index (κ1) is 13.2. The van der Waals surface area contributed by atoms with Crippen molar-refractivity contribution in [3.63, 3.8) is 0 Å². The molecule has 0 N–H and O–H groups in total. The van der Waals surface area contributed by atoms with E-state index >= 15 is 0 Å². The van der Waals surface area contributed by atoms with Gasteiger partial charge in [-0.25, -0.2) is 0 Å². The van der Waals surface area contributed by atoms with Crippen LogP contribution < -0.4 is 0 Å². The van der Waals surface area contributed by atoms with Gasteiger partial charge in [-0.3, -0.25) is 14.6 Å². The summed E-state index contributed by atoms with van der Waals surface area (Å²) in [6.07, 6.45) is -4.58. The van der Waals surface area contributed by atoms with Crippen LogP contribution in [0.4, 0.5) is 13.2 Å². The zero-order chi connectivity index (χ0) is 14.0. The van der Waals surface area contributed by atoms with E-state index in [0.717, 1.165) is 0 Å². The number of halogens is 3. The van der Waals surface area contributed by atoms with Crippen LogP contribution in [0.3, 0.4) is 0 Å². The summed E-state index contributed by atoms with van der Waals surface area (Å²) in [5.41, 5.74) is 0.694. The first-order valence-electron chi connectivity index (χ1n) is 5.36. The van der Waals surface area contributed by atoms with Gasteiger partial charge in [0.1, 0.15) is 0 Å². The van der Waals surface area contributed by atoms with E-state index in [9.17, 15) is 22.8 Å². The molecule has 0 bridgehead atoms. The zero-order valence-corrected chi connectivity index (χ0v) is 9.57. The molecule has 0 spiro atoms. The monoisotopic (exact) mass is 267 g/mol. The molecule has 0 unspecified atom stereocenters. The standard InChI is InChI=1S/C13H8F3NO2/c14-13(15,16)12(19)7-11(18)9-3-4-10-8(6-9)2-1-5-17-10/h1-6H,7H2. The summed E-state index contributed by atoms with van der Waals surface area (Å²) in [4.78, 5) is 26.4. The van der Waals surface area contributed by atoms with Gasteiger partial charge < -0.3 is 0 Å². The molecule has 2 rings (SSSR count). The number of carbonyl (C=O) groups excluding carboxylic acids is 2. The third kappa shape index (κ3) is 2.96. The maximum atomic E-state index is 12.1. The quantitative estimate of drug-likeness (QED) is 0.634. The van der Waals surface area contributed by atoms with Crippen LogP contribution >= 0.6 is 0 Å². The minimum absolute atomic E-state index is 0.0677. The van der Waals surface area contributed by atoms with E-state index in [1.807, 2.05) is 0 Å². The lowest BCUT2D eigenvalue weighted by molar-refractivity contribution is -0.170. The molecule has 1 heterocycles. The fourth-order valence-electron chi connectivity index (χ4n) is 1.60. The molecule has 2 aromatic rings. The Hall–Kier alpha value is -2.24. The maximum Gasteiger partial charge on any atom is 0.450 e. The predicted octanol–water partition coefficient (Wildman–Crippen LogP) is 2.94. The topological polar surface area (TPSA) is 47.0 Å². The van der Waals surface area contributed by atoms with Crippen molar-refractivity contribution in [1.82, 2.24) is 4.98 Å². The second-order valence-corrected chi connectivity index (χ2v) is 3.93. The summed E-state index contributed by atoms with van der Waals surface area (Å²) in [5, 5.41) is 0.632. The number of nitrogens with zero attached hydrogens (tertiary/aromatic N) is 1. The Kier molecular flexibility index (Phi) is 3.33. The van der Waals surface area contributed by atoms with Crippen molar-refractivity contribution in [3.8, 4) is 0 Å².